The molecule has 1 atom stereocenters. The van der Waals surface area contributed by atoms with Crippen molar-refractivity contribution < 1.29 is 9.90 Å². The van der Waals surface area contributed by atoms with Gasteiger partial charge in [0.1, 0.15) is 6.04 Å². The lowest BCUT2D eigenvalue weighted by Crippen LogP contribution is -2.43. The highest BCUT2D eigenvalue weighted by Gasteiger charge is 2.13. The number of carboxylic acid groups (broad SMARTS) is 1. The molecular weight excluding hydrogens is 240 g/mol. The first-order chi connectivity index (χ1) is 8.13. The standard InChI is InChI=1S/C12H17ClN2O2/c1-14-11(12(16)17)8-15-7-6-9-2-4-10(13)5-3-9/h2-5,11,14-15H,6-8H2,1H3,(H,16,17). The first-order valence-corrected chi connectivity index (χ1v) is 5.86. The van der Waals surface area contributed by atoms with E-state index in [0.717, 1.165) is 18.0 Å². The van der Waals surface area contributed by atoms with Crippen LogP contribution in [-0.4, -0.2) is 37.3 Å². The van der Waals surface area contributed by atoms with E-state index in [9.17, 15) is 4.79 Å². The fraction of sp³-hybridized carbons (Fsp3) is 0.417. The van der Waals surface area contributed by atoms with Crippen molar-refractivity contribution in [2.75, 3.05) is 20.1 Å². The molecule has 0 bridgehead atoms. The van der Waals surface area contributed by atoms with Crippen LogP contribution >= 0.6 is 11.6 Å². The number of hydrogen-bond donors (Lipinski definition) is 3. The normalized spacial score (nSPS) is 12.4. The zero-order valence-electron chi connectivity index (χ0n) is 9.74. The summed E-state index contributed by atoms with van der Waals surface area (Å²) in [5, 5.41) is 15.4. The van der Waals surface area contributed by atoms with Gasteiger partial charge in [0.25, 0.3) is 0 Å². The average Bonchev–Trinajstić information content (AvgIpc) is 2.31. The van der Waals surface area contributed by atoms with Crippen LogP contribution < -0.4 is 10.6 Å². The van der Waals surface area contributed by atoms with Gasteiger partial charge in [-0.3, -0.25) is 4.79 Å². The first kappa shape index (κ1) is 14.0. The lowest BCUT2D eigenvalue weighted by Gasteiger charge is -2.12. The maximum absolute atomic E-state index is 10.7. The molecule has 1 aromatic carbocycles. The second kappa shape index (κ2) is 7.27. The summed E-state index contributed by atoms with van der Waals surface area (Å²) in [7, 11) is 1.64. The maximum atomic E-state index is 10.7. The molecule has 5 heteroatoms. The molecule has 1 rings (SSSR count). The summed E-state index contributed by atoms with van der Waals surface area (Å²) >= 11 is 5.78. The Bertz CT molecular complexity index is 354. The van der Waals surface area contributed by atoms with Crippen LogP contribution in [0, 0.1) is 0 Å². The molecule has 0 aromatic heterocycles. The van der Waals surface area contributed by atoms with Crippen LogP contribution in [0.4, 0.5) is 0 Å². The lowest BCUT2D eigenvalue weighted by atomic mass is 10.1. The number of hydrogen-bond acceptors (Lipinski definition) is 3. The second-order valence-corrected chi connectivity index (χ2v) is 4.20. The molecule has 17 heavy (non-hydrogen) atoms. The second-order valence-electron chi connectivity index (χ2n) is 3.76. The number of halogens is 1. The maximum Gasteiger partial charge on any atom is 0.322 e. The van der Waals surface area contributed by atoms with Crippen LogP contribution in [0.2, 0.25) is 5.02 Å². The molecule has 3 N–H and O–H groups in total. The molecule has 0 fully saturated rings. The minimum Gasteiger partial charge on any atom is -0.480 e. The summed E-state index contributed by atoms with van der Waals surface area (Å²) in [6.07, 6.45) is 0.854. The van der Waals surface area contributed by atoms with Crippen LogP contribution in [0.15, 0.2) is 24.3 Å². The van der Waals surface area contributed by atoms with Crippen molar-refractivity contribution in [2.45, 2.75) is 12.5 Å². The predicted molar refractivity (Wildman–Crippen MR) is 68.5 cm³/mol. The Labute approximate surface area is 106 Å². The van der Waals surface area contributed by atoms with Gasteiger partial charge in [-0.15, -0.1) is 0 Å². The molecule has 1 aromatic rings. The van der Waals surface area contributed by atoms with E-state index in [1.165, 1.54) is 5.56 Å². The molecule has 0 aliphatic rings. The van der Waals surface area contributed by atoms with Gasteiger partial charge in [-0.05, 0) is 37.7 Å². The van der Waals surface area contributed by atoms with E-state index < -0.39 is 12.0 Å². The third kappa shape index (κ3) is 5.17. The molecule has 4 nitrogen and oxygen atoms in total. The third-order valence-corrected chi connectivity index (χ3v) is 2.75. The van der Waals surface area contributed by atoms with Gasteiger partial charge >= 0.3 is 5.97 Å². The molecule has 0 saturated carbocycles. The fourth-order valence-corrected chi connectivity index (χ4v) is 1.57. The van der Waals surface area contributed by atoms with E-state index in [0.29, 0.717) is 6.54 Å². The number of aliphatic carboxylic acids is 1. The largest absolute Gasteiger partial charge is 0.480 e. The van der Waals surface area contributed by atoms with Crippen LogP contribution in [0.1, 0.15) is 5.56 Å². The van der Waals surface area contributed by atoms with E-state index in [1.54, 1.807) is 7.05 Å². The lowest BCUT2D eigenvalue weighted by molar-refractivity contribution is -0.139. The molecule has 0 aliphatic carbocycles. The molecule has 1 unspecified atom stereocenters. The van der Waals surface area contributed by atoms with Crippen molar-refractivity contribution in [2.24, 2.45) is 0 Å². The summed E-state index contributed by atoms with van der Waals surface area (Å²) in [6, 6.07) is 7.10. The van der Waals surface area contributed by atoms with Crippen LogP contribution in [0.5, 0.6) is 0 Å². The van der Waals surface area contributed by atoms with Gasteiger partial charge in [-0.1, -0.05) is 23.7 Å². The van der Waals surface area contributed by atoms with Crippen LogP contribution in [-0.2, 0) is 11.2 Å². The Morgan fingerprint density at radius 2 is 2.06 bits per heavy atom. The van der Waals surface area contributed by atoms with E-state index >= 15 is 0 Å². The van der Waals surface area contributed by atoms with Gasteiger partial charge in [0.05, 0.1) is 0 Å². The van der Waals surface area contributed by atoms with Gasteiger partial charge in [-0.2, -0.15) is 0 Å². The van der Waals surface area contributed by atoms with Gasteiger partial charge in [0.15, 0.2) is 0 Å². The van der Waals surface area contributed by atoms with Crippen molar-refractivity contribution >= 4 is 17.6 Å². The minimum absolute atomic E-state index is 0.416. The molecule has 0 spiro atoms. The van der Waals surface area contributed by atoms with Crippen molar-refractivity contribution in [3.05, 3.63) is 34.9 Å². The van der Waals surface area contributed by atoms with Gasteiger partial charge in [0, 0.05) is 11.6 Å². The Balaban J connectivity index is 2.24. The highest BCUT2D eigenvalue weighted by molar-refractivity contribution is 6.30. The van der Waals surface area contributed by atoms with Gasteiger partial charge < -0.3 is 15.7 Å². The Morgan fingerprint density at radius 1 is 1.41 bits per heavy atom. The van der Waals surface area contributed by atoms with E-state index in [1.807, 2.05) is 24.3 Å². The van der Waals surface area contributed by atoms with E-state index in [4.69, 9.17) is 16.7 Å². The van der Waals surface area contributed by atoms with E-state index in [-0.39, 0.29) is 0 Å². The summed E-state index contributed by atoms with van der Waals surface area (Å²) in [4.78, 5) is 10.7. The monoisotopic (exact) mass is 256 g/mol. The predicted octanol–water partition coefficient (Wildman–Crippen LogP) is 1.14. The molecule has 0 heterocycles. The third-order valence-electron chi connectivity index (χ3n) is 2.50. The molecule has 0 aliphatic heterocycles. The van der Waals surface area contributed by atoms with Crippen molar-refractivity contribution in [3.8, 4) is 0 Å². The quantitative estimate of drug-likeness (QED) is 0.641. The molecular formula is C12H17ClN2O2. The Morgan fingerprint density at radius 3 is 2.59 bits per heavy atom. The Hall–Kier alpha value is -1.10. The number of benzene rings is 1. The number of carbonyl (C=O) groups is 1. The van der Waals surface area contributed by atoms with Crippen LogP contribution in [0.3, 0.4) is 0 Å². The summed E-state index contributed by atoms with van der Waals surface area (Å²) in [6.45, 7) is 1.16. The van der Waals surface area contributed by atoms with Gasteiger partial charge in [0.2, 0.25) is 0 Å². The molecule has 0 saturated heterocycles. The number of likely N-dealkylation sites (N-methyl/N-ethyl adjacent to an activating group) is 1. The number of nitrogens with one attached hydrogen (secondary N) is 2. The summed E-state index contributed by atoms with van der Waals surface area (Å²) in [5.41, 5.74) is 1.18. The van der Waals surface area contributed by atoms with Gasteiger partial charge in [-0.25, -0.2) is 0 Å². The summed E-state index contributed by atoms with van der Waals surface area (Å²) < 4.78 is 0. The Kier molecular flexibility index (Phi) is 5.97. The number of carboxylic acids is 1. The summed E-state index contributed by atoms with van der Waals surface area (Å²) in [5.74, 6) is -0.841. The highest BCUT2D eigenvalue weighted by atomic mass is 35.5. The smallest absolute Gasteiger partial charge is 0.322 e. The van der Waals surface area contributed by atoms with E-state index in [2.05, 4.69) is 10.6 Å². The first-order valence-electron chi connectivity index (χ1n) is 5.48. The average molecular weight is 257 g/mol. The molecule has 0 amide bonds. The van der Waals surface area contributed by atoms with Crippen molar-refractivity contribution in [1.82, 2.24) is 10.6 Å². The molecule has 94 valence electrons. The SMILES string of the molecule is CNC(CNCCc1ccc(Cl)cc1)C(=O)O. The molecule has 0 radical (unpaired) electrons. The fourth-order valence-electron chi connectivity index (χ4n) is 1.44. The number of rotatable bonds is 7. The topological polar surface area (TPSA) is 61.4 Å². The zero-order valence-corrected chi connectivity index (χ0v) is 10.5. The zero-order chi connectivity index (χ0) is 12.7. The van der Waals surface area contributed by atoms with Crippen molar-refractivity contribution in [3.63, 3.8) is 0 Å². The van der Waals surface area contributed by atoms with Crippen LogP contribution in [0.25, 0.3) is 0 Å². The van der Waals surface area contributed by atoms with Crippen molar-refractivity contribution in [1.29, 1.82) is 0 Å². The minimum atomic E-state index is -0.841. The highest BCUT2D eigenvalue weighted by Crippen LogP contribution is 2.09.